The number of rotatable bonds is 4. The number of sulfonamides is 1. The van der Waals surface area contributed by atoms with Gasteiger partial charge in [-0.2, -0.15) is 4.31 Å². The molecule has 1 amide bonds. The quantitative estimate of drug-likeness (QED) is 0.777. The van der Waals surface area contributed by atoms with E-state index in [2.05, 4.69) is 4.90 Å². The molecule has 1 aromatic carbocycles. The molecule has 2 heterocycles. The molecule has 26 heavy (non-hydrogen) atoms. The predicted octanol–water partition coefficient (Wildman–Crippen LogP) is 2.05. The third-order valence-corrected chi connectivity index (χ3v) is 7.41. The first kappa shape index (κ1) is 19.6. The Morgan fingerprint density at radius 2 is 1.69 bits per heavy atom. The van der Waals surface area contributed by atoms with E-state index in [0.717, 1.165) is 25.9 Å². The highest BCUT2D eigenvalue weighted by Gasteiger charge is 2.33. The summed E-state index contributed by atoms with van der Waals surface area (Å²) in [5.74, 6) is 0.163. The van der Waals surface area contributed by atoms with Gasteiger partial charge in [-0.3, -0.25) is 9.69 Å². The Labute approximate surface area is 160 Å². The van der Waals surface area contributed by atoms with Crippen molar-refractivity contribution in [3.8, 4) is 0 Å². The van der Waals surface area contributed by atoms with Crippen molar-refractivity contribution in [2.24, 2.45) is 0 Å². The van der Waals surface area contributed by atoms with Crippen LogP contribution in [-0.4, -0.2) is 73.7 Å². The van der Waals surface area contributed by atoms with Crippen LogP contribution in [0, 0.1) is 0 Å². The lowest BCUT2D eigenvalue weighted by atomic mass is 10.1. The monoisotopic (exact) mass is 399 g/mol. The highest BCUT2D eigenvalue weighted by Crippen LogP contribution is 2.22. The Bertz CT molecular complexity index is 742. The van der Waals surface area contributed by atoms with Crippen LogP contribution in [0.15, 0.2) is 29.2 Å². The molecule has 0 N–H and O–H groups in total. The number of hydrogen-bond donors (Lipinski definition) is 0. The Balaban J connectivity index is 1.60. The van der Waals surface area contributed by atoms with E-state index in [-0.39, 0.29) is 16.8 Å². The molecule has 1 aromatic rings. The van der Waals surface area contributed by atoms with Crippen molar-refractivity contribution in [1.29, 1.82) is 0 Å². The molecule has 2 aliphatic heterocycles. The standard InChI is InChI=1S/C18H26ClN3O3S/c1-15(18(23)21-8-3-2-4-9-21)20-10-12-22(13-11-20)26(24,25)17-7-5-6-16(19)14-17/h5-7,14-15H,2-4,8-13H2,1H3/t15-/m0/s1. The average Bonchev–Trinajstić information content (AvgIpc) is 2.67. The fraction of sp³-hybridized carbons (Fsp3) is 0.611. The molecule has 2 saturated heterocycles. The van der Waals surface area contributed by atoms with E-state index in [0.29, 0.717) is 31.2 Å². The molecule has 1 atom stereocenters. The van der Waals surface area contributed by atoms with Crippen LogP contribution in [0.3, 0.4) is 0 Å². The van der Waals surface area contributed by atoms with Gasteiger partial charge in [0.2, 0.25) is 15.9 Å². The van der Waals surface area contributed by atoms with Crippen LogP contribution < -0.4 is 0 Å². The number of nitrogens with zero attached hydrogens (tertiary/aromatic N) is 3. The Morgan fingerprint density at radius 1 is 1.04 bits per heavy atom. The van der Waals surface area contributed by atoms with Crippen LogP contribution in [0.1, 0.15) is 26.2 Å². The summed E-state index contributed by atoms with van der Waals surface area (Å²) in [6.45, 7) is 5.48. The first-order valence-corrected chi connectivity index (χ1v) is 11.0. The normalized spacial score (nSPS) is 21.5. The second kappa shape index (κ2) is 8.25. The SMILES string of the molecule is C[C@@H](C(=O)N1CCCCC1)N1CCN(S(=O)(=O)c2cccc(Cl)c2)CC1. The molecule has 2 fully saturated rings. The molecule has 0 bridgehead atoms. The number of hydrogen-bond acceptors (Lipinski definition) is 4. The number of piperazine rings is 1. The molecule has 2 aliphatic rings. The lowest BCUT2D eigenvalue weighted by molar-refractivity contribution is -0.137. The smallest absolute Gasteiger partial charge is 0.243 e. The number of benzene rings is 1. The third-order valence-electron chi connectivity index (χ3n) is 5.28. The van der Waals surface area contributed by atoms with Crippen LogP contribution >= 0.6 is 11.6 Å². The summed E-state index contributed by atoms with van der Waals surface area (Å²) in [5.41, 5.74) is 0. The predicted molar refractivity (Wildman–Crippen MR) is 102 cm³/mol. The number of likely N-dealkylation sites (tertiary alicyclic amines) is 1. The van der Waals surface area contributed by atoms with Gasteiger partial charge in [0.05, 0.1) is 10.9 Å². The minimum atomic E-state index is -3.55. The van der Waals surface area contributed by atoms with E-state index in [1.165, 1.54) is 16.8 Å². The summed E-state index contributed by atoms with van der Waals surface area (Å²) in [5, 5.41) is 0.408. The van der Waals surface area contributed by atoms with E-state index in [1.807, 2.05) is 11.8 Å². The number of amides is 1. The lowest BCUT2D eigenvalue weighted by Crippen LogP contribution is -2.55. The number of halogens is 1. The molecule has 0 aliphatic carbocycles. The van der Waals surface area contributed by atoms with Gasteiger partial charge in [-0.05, 0) is 44.4 Å². The van der Waals surface area contributed by atoms with Crippen molar-refractivity contribution < 1.29 is 13.2 Å². The second-order valence-electron chi connectivity index (χ2n) is 6.96. The zero-order valence-electron chi connectivity index (χ0n) is 15.1. The summed E-state index contributed by atoms with van der Waals surface area (Å²) in [6, 6.07) is 6.14. The highest BCUT2D eigenvalue weighted by atomic mass is 35.5. The minimum Gasteiger partial charge on any atom is -0.341 e. The van der Waals surface area contributed by atoms with Crippen molar-refractivity contribution in [2.45, 2.75) is 37.1 Å². The molecule has 0 radical (unpaired) electrons. The molecular formula is C18H26ClN3O3S. The number of carbonyl (C=O) groups excluding carboxylic acids is 1. The van der Waals surface area contributed by atoms with Gasteiger partial charge in [0.25, 0.3) is 0 Å². The van der Waals surface area contributed by atoms with E-state index < -0.39 is 10.0 Å². The maximum atomic E-state index is 12.8. The minimum absolute atomic E-state index is 0.163. The Kier molecular flexibility index (Phi) is 6.22. The van der Waals surface area contributed by atoms with E-state index in [1.54, 1.807) is 18.2 Å². The van der Waals surface area contributed by atoms with Crippen LogP contribution in [0.4, 0.5) is 0 Å². The van der Waals surface area contributed by atoms with Gasteiger partial charge in [0.1, 0.15) is 0 Å². The topological polar surface area (TPSA) is 60.9 Å². The van der Waals surface area contributed by atoms with Crippen LogP contribution in [0.2, 0.25) is 5.02 Å². The summed E-state index contributed by atoms with van der Waals surface area (Å²) < 4.78 is 27.0. The van der Waals surface area contributed by atoms with Crippen molar-refractivity contribution in [2.75, 3.05) is 39.3 Å². The molecule has 6 nitrogen and oxygen atoms in total. The maximum Gasteiger partial charge on any atom is 0.243 e. The van der Waals surface area contributed by atoms with Gasteiger partial charge in [-0.15, -0.1) is 0 Å². The molecule has 3 rings (SSSR count). The van der Waals surface area contributed by atoms with Gasteiger partial charge in [-0.1, -0.05) is 17.7 Å². The fourth-order valence-electron chi connectivity index (χ4n) is 3.64. The molecule has 0 spiro atoms. The summed E-state index contributed by atoms with van der Waals surface area (Å²) in [7, 11) is -3.55. The zero-order valence-corrected chi connectivity index (χ0v) is 16.7. The Morgan fingerprint density at radius 3 is 2.31 bits per heavy atom. The van der Waals surface area contributed by atoms with Crippen LogP contribution in [0.5, 0.6) is 0 Å². The van der Waals surface area contributed by atoms with Gasteiger partial charge in [0, 0.05) is 44.3 Å². The van der Waals surface area contributed by atoms with Crippen LogP contribution in [0.25, 0.3) is 0 Å². The lowest BCUT2D eigenvalue weighted by Gasteiger charge is -2.39. The summed E-state index contributed by atoms with van der Waals surface area (Å²) in [6.07, 6.45) is 3.34. The van der Waals surface area contributed by atoms with E-state index in [4.69, 9.17) is 11.6 Å². The summed E-state index contributed by atoms with van der Waals surface area (Å²) >= 11 is 5.93. The largest absolute Gasteiger partial charge is 0.341 e. The van der Waals surface area contributed by atoms with Gasteiger partial charge in [0.15, 0.2) is 0 Å². The number of piperidine rings is 1. The zero-order chi connectivity index (χ0) is 18.7. The molecular weight excluding hydrogens is 374 g/mol. The fourth-order valence-corrected chi connectivity index (χ4v) is 5.37. The molecule has 0 aromatic heterocycles. The van der Waals surface area contributed by atoms with Crippen molar-refractivity contribution in [3.05, 3.63) is 29.3 Å². The van der Waals surface area contributed by atoms with E-state index in [9.17, 15) is 13.2 Å². The molecule has 8 heteroatoms. The average molecular weight is 400 g/mol. The van der Waals surface area contributed by atoms with Crippen molar-refractivity contribution in [3.63, 3.8) is 0 Å². The van der Waals surface area contributed by atoms with Crippen LogP contribution in [-0.2, 0) is 14.8 Å². The highest BCUT2D eigenvalue weighted by molar-refractivity contribution is 7.89. The third kappa shape index (κ3) is 4.22. The first-order chi connectivity index (χ1) is 12.4. The molecule has 144 valence electrons. The van der Waals surface area contributed by atoms with Crippen molar-refractivity contribution >= 4 is 27.5 Å². The molecule has 0 unspecified atom stereocenters. The van der Waals surface area contributed by atoms with Gasteiger partial charge in [-0.25, -0.2) is 8.42 Å². The van der Waals surface area contributed by atoms with Gasteiger partial charge >= 0.3 is 0 Å². The second-order valence-corrected chi connectivity index (χ2v) is 9.33. The number of carbonyl (C=O) groups is 1. The van der Waals surface area contributed by atoms with Gasteiger partial charge < -0.3 is 4.90 Å². The Hall–Kier alpha value is -1.15. The maximum absolute atomic E-state index is 12.8. The van der Waals surface area contributed by atoms with Crippen molar-refractivity contribution in [1.82, 2.24) is 14.1 Å². The summed E-state index contributed by atoms with van der Waals surface area (Å²) in [4.78, 5) is 16.9. The van der Waals surface area contributed by atoms with E-state index >= 15 is 0 Å². The first-order valence-electron chi connectivity index (χ1n) is 9.18. The molecule has 0 saturated carbocycles.